The highest BCUT2D eigenvalue weighted by molar-refractivity contribution is 6.05. The Bertz CT molecular complexity index is 1170. The fourth-order valence-corrected chi connectivity index (χ4v) is 4.91. The molecular weight excluding hydrogens is 388 g/mol. The summed E-state index contributed by atoms with van der Waals surface area (Å²) >= 11 is 0. The highest BCUT2D eigenvalue weighted by atomic mass is 16.3. The molecule has 0 bridgehead atoms. The molecule has 2 amide bonds. The maximum atomic E-state index is 13.2. The summed E-state index contributed by atoms with van der Waals surface area (Å²) < 4.78 is 0. The smallest absolute Gasteiger partial charge is 0.258 e. The van der Waals surface area contributed by atoms with Crippen LogP contribution in [0.1, 0.15) is 46.3 Å². The largest absolute Gasteiger partial charge is 0.506 e. The summed E-state index contributed by atoms with van der Waals surface area (Å²) in [6, 6.07) is 16.8. The fraction of sp³-hybridized carbons (Fsp3) is 0.308. The Hall–Kier alpha value is -3.34. The molecule has 1 unspecified atom stereocenters. The number of benzene rings is 3. The van der Waals surface area contributed by atoms with E-state index >= 15 is 0 Å². The minimum Gasteiger partial charge on any atom is -0.506 e. The van der Waals surface area contributed by atoms with Gasteiger partial charge in [-0.25, -0.2) is 0 Å². The monoisotopic (exact) mass is 414 g/mol. The van der Waals surface area contributed by atoms with Crippen LogP contribution in [0, 0.1) is 0 Å². The molecule has 1 atom stereocenters. The first kappa shape index (κ1) is 19.6. The molecule has 2 aliphatic rings. The van der Waals surface area contributed by atoms with Crippen LogP contribution < -0.4 is 5.32 Å². The Morgan fingerprint density at radius 1 is 1.00 bits per heavy atom. The van der Waals surface area contributed by atoms with Crippen LogP contribution >= 0.6 is 0 Å². The number of hydrogen-bond acceptors (Lipinski definition) is 3. The molecule has 2 N–H and O–H groups in total. The quantitative estimate of drug-likeness (QED) is 0.679. The van der Waals surface area contributed by atoms with E-state index in [1.54, 1.807) is 17.0 Å². The normalized spacial score (nSPS) is 17.7. The van der Waals surface area contributed by atoms with Crippen molar-refractivity contribution < 1.29 is 14.7 Å². The van der Waals surface area contributed by atoms with Gasteiger partial charge >= 0.3 is 0 Å². The maximum absolute atomic E-state index is 13.2. The standard InChI is InChI=1S/C26H26N2O3/c29-24-21-8-2-1-5-19(21)12-13-22(24)26(31)28-14-4-9-23(28)25(30)27-16-17-10-11-18-6-3-7-20(18)15-17/h1-2,5,8,10-13,15,23,29H,3-4,6-7,9,14,16H2,(H,27,30). The molecule has 1 fully saturated rings. The van der Waals surface area contributed by atoms with Crippen molar-refractivity contribution in [3.8, 4) is 5.75 Å². The Labute approximate surface area is 181 Å². The molecule has 1 aliphatic carbocycles. The Kier molecular flexibility index (Phi) is 5.10. The van der Waals surface area contributed by atoms with Gasteiger partial charge in [-0.2, -0.15) is 0 Å². The van der Waals surface area contributed by atoms with Crippen LogP contribution in [0.15, 0.2) is 54.6 Å². The number of likely N-dealkylation sites (tertiary alicyclic amines) is 1. The van der Waals surface area contributed by atoms with E-state index in [1.807, 2.05) is 24.3 Å². The SMILES string of the molecule is O=C(NCc1ccc2c(c1)CCC2)C1CCCN1C(=O)c1ccc2ccccc2c1O. The summed E-state index contributed by atoms with van der Waals surface area (Å²) in [7, 11) is 0. The van der Waals surface area contributed by atoms with Gasteiger partial charge < -0.3 is 15.3 Å². The van der Waals surface area contributed by atoms with Gasteiger partial charge in [-0.05, 0) is 60.2 Å². The molecule has 1 heterocycles. The van der Waals surface area contributed by atoms with E-state index in [9.17, 15) is 14.7 Å². The van der Waals surface area contributed by atoms with Crippen LogP contribution in [0.3, 0.4) is 0 Å². The number of nitrogens with zero attached hydrogens (tertiary/aromatic N) is 1. The van der Waals surface area contributed by atoms with E-state index in [1.165, 1.54) is 17.5 Å². The molecule has 0 aromatic heterocycles. The van der Waals surface area contributed by atoms with Gasteiger partial charge in [0.2, 0.25) is 5.91 Å². The zero-order chi connectivity index (χ0) is 21.4. The molecule has 1 aliphatic heterocycles. The third kappa shape index (κ3) is 3.65. The summed E-state index contributed by atoms with van der Waals surface area (Å²) in [6.45, 7) is 0.980. The van der Waals surface area contributed by atoms with Gasteiger partial charge in [0.15, 0.2) is 0 Å². The van der Waals surface area contributed by atoms with Crippen molar-refractivity contribution in [3.63, 3.8) is 0 Å². The van der Waals surface area contributed by atoms with Crippen molar-refractivity contribution in [2.24, 2.45) is 0 Å². The molecule has 1 saturated heterocycles. The number of amides is 2. The number of fused-ring (bicyclic) bond motifs is 2. The number of aryl methyl sites for hydroxylation is 2. The molecule has 5 heteroatoms. The lowest BCUT2D eigenvalue weighted by atomic mass is 10.0. The number of carbonyl (C=O) groups is 2. The predicted octanol–water partition coefficient (Wildman–Crippen LogP) is 3.96. The summed E-state index contributed by atoms with van der Waals surface area (Å²) in [4.78, 5) is 27.7. The number of aromatic hydroxyl groups is 1. The van der Waals surface area contributed by atoms with Crippen LogP contribution in [0.4, 0.5) is 0 Å². The highest BCUT2D eigenvalue weighted by Crippen LogP contribution is 2.31. The molecule has 5 nitrogen and oxygen atoms in total. The van der Waals surface area contributed by atoms with Crippen LogP contribution in [-0.2, 0) is 24.2 Å². The van der Waals surface area contributed by atoms with Crippen molar-refractivity contribution >= 4 is 22.6 Å². The minimum absolute atomic E-state index is 0.0210. The second-order valence-corrected chi connectivity index (χ2v) is 8.51. The Morgan fingerprint density at radius 3 is 2.74 bits per heavy atom. The number of hydrogen-bond donors (Lipinski definition) is 2. The highest BCUT2D eigenvalue weighted by Gasteiger charge is 2.35. The molecular formula is C26H26N2O3. The van der Waals surface area contributed by atoms with Gasteiger partial charge in [-0.3, -0.25) is 9.59 Å². The zero-order valence-electron chi connectivity index (χ0n) is 17.4. The molecule has 158 valence electrons. The fourth-order valence-electron chi connectivity index (χ4n) is 4.91. The third-order valence-electron chi connectivity index (χ3n) is 6.58. The average Bonchev–Trinajstić information content (AvgIpc) is 3.47. The number of phenols is 1. The molecule has 3 aromatic rings. The lowest BCUT2D eigenvalue weighted by molar-refractivity contribution is -0.125. The predicted molar refractivity (Wildman–Crippen MR) is 120 cm³/mol. The van der Waals surface area contributed by atoms with Gasteiger partial charge in [0.1, 0.15) is 11.8 Å². The van der Waals surface area contributed by atoms with E-state index < -0.39 is 6.04 Å². The number of rotatable bonds is 4. The van der Waals surface area contributed by atoms with Crippen molar-refractivity contribution in [2.75, 3.05) is 6.54 Å². The lowest BCUT2D eigenvalue weighted by Crippen LogP contribution is -2.45. The van der Waals surface area contributed by atoms with Gasteiger partial charge in [0.05, 0.1) is 5.56 Å². The molecule has 0 radical (unpaired) electrons. The van der Waals surface area contributed by atoms with E-state index in [0.29, 0.717) is 24.9 Å². The Morgan fingerprint density at radius 2 is 1.84 bits per heavy atom. The van der Waals surface area contributed by atoms with Crippen LogP contribution in [0.2, 0.25) is 0 Å². The van der Waals surface area contributed by atoms with Crippen molar-refractivity contribution in [2.45, 2.75) is 44.7 Å². The molecule has 31 heavy (non-hydrogen) atoms. The van der Waals surface area contributed by atoms with Crippen LogP contribution in [0.25, 0.3) is 10.8 Å². The van der Waals surface area contributed by atoms with Gasteiger partial charge in [-0.1, -0.05) is 48.5 Å². The molecule has 0 saturated carbocycles. The maximum Gasteiger partial charge on any atom is 0.258 e. The second-order valence-electron chi connectivity index (χ2n) is 8.51. The first-order chi connectivity index (χ1) is 15.1. The Balaban J connectivity index is 1.30. The van der Waals surface area contributed by atoms with E-state index in [4.69, 9.17) is 0 Å². The van der Waals surface area contributed by atoms with Crippen LogP contribution in [0.5, 0.6) is 5.75 Å². The topological polar surface area (TPSA) is 69.6 Å². The van der Waals surface area contributed by atoms with E-state index in [-0.39, 0.29) is 23.1 Å². The number of nitrogens with one attached hydrogen (secondary N) is 1. The first-order valence-electron chi connectivity index (χ1n) is 11.0. The number of carbonyl (C=O) groups excluding carboxylic acids is 2. The van der Waals surface area contributed by atoms with Crippen molar-refractivity contribution in [1.29, 1.82) is 0 Å². The summed E-state index contributed by atoms with van der Waals surface area (Å²) in [5.74, 6) is -0.447. The summed E-state index contributed by atoms with van der Waals surface area (Å²) in [5, 5.41) is 15.2. The van der Waals surface area contributed by atoms with Gasteiger partial charge in [-0.15, -0.1) is 0 Å². The molecule has 0 spiro atoms. The summed E-state index contributed by atoms with van der Waals surface area (Å²) in [5.41, 5.74) is 4.14. The van der Waals surface area contributed by atoms with Crippen molar-refractivity contribution in [1.82, 2.24) is 10.2 Å². The lowest BCUT2D eigenvalue weighted by Gasteiger charge is -2.24. The molecule has 5 rings (SSSR count). The van der Waals surface area contributed by atoms with E-state index in [2.05, 4.69) is 23.5 Å². The second kappa shape index (κ2) is 8.06. The van der Waals surface area contributed by atoms with Crippen molar-refractivity contribution in [3.05, 3.63) is 76.9 Å². The zero-order valence-corrected chi connectivity index (χ0v) is 17.4. The van der Waals surface area contributed by atoms with E-state index in [0.717, 1.165) is 30.2 Å². The number of phenolic OH excluding ortho intramolecular Hbond substituents is 1. The van der Waals surface area contributed by atoms with Gasteiger partial charge in [0.25, 0.3) is 5.91 Å². The summed E-state index contributed by atoms with van der Waals surface area (Å²) in [6.07, 6.45) is 4.86. The third-order valence-corrected chi connectivity index (χ3v) is 6.58. The minimum atomic E-state index is -0.507. The average molecular weight is 415 g/mol. The first-order valence-corrected chi connectivity index (χ1v) is 11.0. The van der Waals surface area contributed by atoms with Gasteiger partial charge in [0, 0.05) is 18.5 Å². The van der Waals surface area contributed by atoms with Crippen LogP contribution in [-0.4, -0.2) is 34.4 Å². The molecule has 3 aromatic carbocycles.